The van der Waals surface area contributed by atoms with E-state index in [1.165, 1.54) is 32.8 Å². The molecule has 2 aliphatic rings. The Bertz CT molecular complexity index is 644. The number of carbonyl (C=O) groups excluding carboxylic acids is 2. The van der Waals surface area contributed by atoms with E-state index in [0.717, 1.165) is 19.4 Å². The normalized spacial score (nSPS) is 22.8. The van der Waals surface area contributed by atoms with E-state index in [9.17, 15) is 9.59 Å². The van der Waals surface area contributed by atoms with Crippen molar-refractivity contribution >= 4 is 11.8 Å². The Morgan fingerprint density at radius 3 is 2.68 bits per heavy atom. The van der Waals surface area contributed by atoms with Gasteiger partial charge < -0.3 is 20.1 Å². The SMILES string of the molecule is COc1cc(C(=O)N2CCCC3CCCCC32)ccc1OCC(N)=O. The second-order valence-electron chi connectivity index (χ2n) is 6.87. The Morgan fingerprint density at radius 2 is 1.92 bits per heavy atom. The molecule has 2 fully saturated rings. The average molecular weight is 346 g/mol. The van der Waals surface area contributed by atoms with Crippen LogP contribution in [0.2, 0.25) is 0 Å². The molecule has 1 saturated carbocycles. The first kappa shape index (κ1) is 17.6. The second kappa shape index (κ2) is 7.76. The van der Waals surface area contributed by atoms with Crippen LogP contribution in [0, 0.1) is 5.92 Å². The highest BCUT2D eigenvalue weighted by Gasteiger charge is 2.36. The molecule has 3 rings (SSSR count). The van der Waals surface area contributed by atoms with Crippen LogP contribution < -0.4 is 15.2 Å². The number of nitrogens with zero attached hydrogens (tertiary/aromatic N) is 1. The summed E-state index contributed by atoms with van der Waals surface area (Å²) in [6.45, 7) is 0.599. The van der Waals surface area contributed by atoms with Gasteiger partial charge in [-0.25, -0.2) is 0 Å². The predicted octanol–water partition coefficient (Wildman–Crippen LogP) is 2.35. The molecule has 1 saturated heterocycles. The van der Waals surface area contributed by atoms with Crippen LogP contribution in [0.15, 0.2) is 18.2 Å². The lowest BCUT2D eigenvalue weighted by atomic mass is 9.78. The van der Waals surface area contributed by atoms with Crippen molar-refractivity contribution in [2.24, 2.45) is 11.7 Å². The minimum Gasteiger partial charge on any atom is -0.493 e. The number of benzene rings is 1. The largest absolute Gasteiger partial charge is 0.493 e. The Balaban J connectivity index is 1.78. The van der Waals surface area contributed by atoms with E-state index in [4.69, 9.17) is 15.2 Å². The van der Waals surface area contributed by atoms with Gasteiger partial charge >= 0.3 is 0 Å². The molecule has 0 radical (unpaired) electrons. The maximum Gasteiger partial charge on any atom is 0.255 e. The molecule has 1 aliphatic carbocycles. The van der Waals surface area contributed by atoms with Crippen molar-refractivity contribution in [2.75, 3.05) is 20.3 Å². The molecule has 6 heteroatoms. The Kier molecular flexibility index (Phi) is 5.46. The van der Waals surface area contributed by atoms with Gasteiger partial charge in [0.1, 0.15) is 0 Å². The van der Waals surface area contributed by atoms with Gasteiger partial charge in [-0.15, -0.1) is 0 Å². The number of piperidine rings is 1. The number of hydrogen-bond acceptors (Lipinski definition) is 4. The highest BCUT2D eigenvalue weighted by Crippen LogP contribution is 2.36. The molecule has 1 aliphatic heterocycles. The van der Waals surface area contributed by atoms with Gasteiger partial charge in [-0.05, 0) is 49.8 Å². The van der Waals surface area contributed by atoms with Crippen molar-refractivity contribution in [2.45, 2.75) is 44.6 Å². The fourth-order valence-electron chi connectivity index (χ4n) is 4.11. The van der Waals surface area contributed by atoms with E-state index in [-0.39, 0.29) is 12.5 Å². The zero-order valence-corrected chi connectivity index (χ0v) is 14.7. The number of fused-ring (bicyclic) bond motifs is 1. The second-order valence-corrected chi connectivity index (χ2v) is 6.87. The fourth-order valence-corrected chi connectivity index (χ4v) is 4.11. The van der Waals surface area contributed by atoms with Crippen LogP contribution >= 0.6 is 0 Å². The number of hydrogen-bond donors (Lipinski definition) is 1. The first-order chi connectivity index (χ1) is 12.1. The number of carbonyl (C=O) groups is 2. The van der Waals surface area contributed by atoms with Crippen molar-refractivity contribution < 1.29 is 19.1 Å². The molecular weight excluding hydrogens is 320 g/mol. The maximum absolute atomic E-state index is 13.1. The molecule has 2 unspecified atom stereocenters. The molecule has 136 valence electrons. The van der Waals surface area contributed by atoms with Crippen LogP contribution in [-0.4, -0.2) is 43.0 Å². The first-order valence-corrected chi connectivity index (χ1v) is 9.00. The molecule has 0 bridgehead atoms. The zero-order chi connectivity index (χ0) is 17.8. The van der Waals surface area contributed by atoms with Crippen molar-refractivity contribution in [3.05, 3.63) is 23.8 Å². The van der Waals surface area contributed by atoms with Gasteiger partial charge in [0.25, 0.3) is 11.8 Å². The summed E-state index contributed by atoms with van der Waals surface area (Å²) in [7, 11) is 1.51. The summed E-state index contributed by atoms with van der Waals surface area (Å²) in [4.78, 5) is 26.0. The number of likely N-dealkylation sites (tertiary alicyclic amines) is 1. The number of rotatable bonds is 5. The molecule has 0 spiro atoms. The van der Waals surface area contributed by atoms with Crippen LogP contribution in [0.1, 0.15) is 48.9 Å². The molecule has 1 aromatic carbocycles. The Labute approximate surface area is 148 Å². The van der Waals surface area contributed by atoms with Crippen molar-refractivity contribution in [1.29, 1.82) is 0 Å². The summed E-state index contributed by atoms with van der Waals surface area (Å²) in [5.41, 5.74) is 5.70. The third kappa shape index (κ3) is 3.89. The summed E-state index contributed by atoms with van der Waals surface area (Å²) < 4.78 is 10.6. The Morgan fingerprint density at radius 1 is 1.16 bits per heavy atom. The van der Waals surface area contributed by atoms with Crippen molar-refractivity contribution in [1.82, 2.24) is 4.90 Å². The van der Waals surface area contributed by atoms with Crippen LogP contribution in [0.5, 0.6) is 11.5 Å². The molecule has 1 aromatic rings. The van der Waals surface area contributed by atoms with Crippen LogP contribution in [0.25, 0.3) is 0 Å². The molecule has 2 amide bonds. The minimum atomic E-state index is -0.557. The molecule has 2 N–H and O–H groups in total. The third-order valence-electron chi connectivity index (χ3n) is 5.28. The number of methoxy groups -OCH3 is 1. The lowest BCUT2D eigenvalue weighted by Gasteiger charge is -2.44. The number of amides is 2. The average Bonchev–Trinajstić information content (AvgIpc) is 2.65. The van der Waals surface area contributed by atoms with E-state index < -0.39 is 5.91 Å². The highest BCUT2D eigenvalue weighted by atomic mass is 16.5. The molecule has 6 nitrogen and oxygen atoms in total. The third-order valence-corrected chi connectivity index (χ3v) is 5.28. The van der Waals surface area contributed by atoms with E-state index in [0.29, 0.717) is 29.0 Å². The summed E-state index contributed by atoms with van der Waals surface area (Å²) in [5, 5.41) is 0. The molecule has 2 atom stereocenters. The predicted molar refractivity (Wildman–Crippen MR) is 93.7 cm³/mol. The summed E-state index contributed by atoms with van der Waals surface area (Å²) >= 11 is 0. The van der Waals surface area contributed by atoms with Gasteiger partial charge in [-0.1, -0.05) is 12.8 Å². The molecule has 1 heterocycles. The number of primary amides is 1. The topological polar surface area (TPSA) is 81.9 Å². The summed E-state index contributed by atoms with van der Waals surface area (Å²) in [6.07, 6.45) is 7.13. The zero-order valence-electron chi connectivity index (χ0n) is 14.7. The highest BCUT2D eigenvalue weighted by molar-refractivity contribution is 5.95. The van der Waals surface area contributed by atoms with E-state index in [1.807, 2.05) is 4.90 Å². The van der Waals surface area contributed by atoms with Gasteiger partial charge in [0, 0.05) is 18.2 Å². The lowest BCUT2D eigenvalue weighted by molar-refractivity contribution is -0.119. The molecular formula is C19H26N2O4. The molecule has 0 aromatic heterocycles. The van der Waals surface area contributed by atoms with Gasteiger partial charge in [-0.2, -0.15) is 0 Å². The number of ether oxygens (including phenoxy) is 2. The van der Waals surface area contributed by atoms with Crippen LogP contribution in [0.3, 0.4) is 0 Å². The van der Waals surface area contributed by atoms with E-state index in [2.05, 4.69) is 0 Å². The van der Waals surface area contributed by atoms with Gasteiger partial charge in [0.2, 0.25) is 0 Å². The Hall–Kier alpha value is -2.24. The van der Waals surface area contributed by atoms with Crippen molar-refractivity contribution in [3.8, 4) is 11.5 Å². The summed E-state index contributed by atoms with van der Waals surface area (Å²) in [5.74, 6) is 0.984. The van der Waals surface area contributed by atoms with Crippen molar-refractivity contribution in [3.63, 3.8) is 0 Å². The van der Waals surface area contributed by atoms with Gasteiger partial charge in [0.05, 0.1) is 7.11 Å². The lowest BCUT2D eigenvalue weighted by Crippen LogP contribution is -2.49. The van der Waals surface area contributed by atoms with Gasteiger partial charge in [-0.3, -0.25) is 9.59 Å². The summed E-state index contributed by atoms with van der Waals surface area (Å²) in [6, 6.07) is 5.45. The maximum atomic E-state index is 13.1. The van der Waals surface area contributed by atoms with E-state index >= 15 is 0 Å². The number of nitrogens with two attached hydrogens (primary N) is 1. The smallest absolute Gasteiger partial charge is 0.255 e. The quantitative estimate of drug-likeness (QED) is 0.887. The fraction of sp³-hybridized carbons (Fsp3) is 0.579. The monoisotopic (exact) mass is 346 g/mol. The van der Waals surface area contributed by atoms with Gasteiger partial charge in [0.15, 0.2) is 18.1 Å². The standard InChI is InChI=1S/C19H26N2O4/c1-24-17-11-14(8-9-16(17)25-12-18(20)22)19(23)21-10-4-6-13-5-2-3-7-15(13)21/h8-9,11,13,15H,2-7,10,12H2,1H3,(H2,20,22). The van der Waals surface area contributed by atoms with E-state index in [1.54, 1.807) is 18.2 Å². The first-order valence-electron chi connectivity index (χ1n) is 9.00. The van der Waals surface area contributed by atoms with Crippen LogP contribution in [-0.2, 0) is 4.79 Å². The van der Waals surface area contributed by atoms with Crippen LogP contribution in [0.4, 0.5) is 0 Å². The molecule has 25 heavy (non-hydrogen) atoms. The minimum absolute atomic E-state index is 0.0522.